The van der Waals surface area contributed by atoms with Crippen LogP contribution >= 0.6 is 0 Å². The molecule has 0 fully saturated rings. The zero-order valence-corrected chi connectivity index (χ0v) is 12.0. The number of phenolic OH excluding ortho intramolecular Hbond substituents is 1. The highest BCUT2D eigenvalue weighted by Crippen LogP contribution is 2.33. The Labute approximate surface area is 127 Å². The van der Waals surface area contributed by atoms with E-state index in [2.05, 4.69) is 4.74 Å². The first-order chi connectivity index (χ1) is 10.5. The molecule has 22 heavy (non-hydrogen) atoms. The molecule has 0 spiro atoms. The Kier molecular flexibility index (Phi) is 4.63. The Hall–Kier alpha value is -3.02. The second-order valence-corrected chi connectivity index (χ2v) is 4.59. The monoisotopic (exact) mass is 300 g/mol. The summed E-state index contributed by atoms with van der Waals surface area (Å²) in [6.07, 6.45) is 0.0340. The summed E-state index contributed by atoms with van der Waals surface area (Å²) < 4.78 is 4.57. The van der Waals surface area contributed by atoms with E-state index in [1.54, 1.807) is 30.3 Å². The molecule has 0 aliphatic heterocycles. The number of rotatable bonds is 4. The van der Waals surface area contributed by atoms with E-state index >= 15 is 0 Å². The summed E-state index contributed by atoms with van der Waals surface area (Å²) in [6.45, 7) is 0. The van der Waals surface area contributed by atoms with Gasteiger partial charge in [0.2, 0.25) is 0 Å². The van der Waals surface area contributed by atoms with Gasteiger partial charge in [-0.05, 0) is 29.8 Å². The van der Waals surface area contributed by atoms with Crippen molar-refractivity contribution < 1.29 is 19.4 Å². The molecule has 0 radical (unpaired) electrons. The van der Waals surface area contributed by atoms with Crippen LogP contribution in [0.3, 0.4) is 0 Å². The third kappa shape index (κ3) is 3.35. The number of phenols is 1. The van der Waals surface area contributed by atoms with E-state index in [0.29, 0.717) is 11.3 Å². The van der Waals surface area contributed by atoms with Gasteiger partial charge in [0, 0.05) is 0 Å². The minimum atomic E-state index is -0.720. The average Bonchev–Trinajstić information content (AvgIpc) is 2.50. The quantitative estimate of drug-likeness (QED) is 0.847. The molecule has 0 bridgehead atoms. The number of para-hydroxylation sites is 1. The zero-order valence-electron chi connectivity index (χ0n) is 12.0. The Morgan fingerprint density at radius 2 is 1.86 bits per heavy atom. The predicted octanol–water partition coefficient (Wildman–Crippen LogP) is 2.32. The van der Waals surface area contributed by atoms with Crippen LogP contribution in [0.1, 0.15) is 5.56 Å². The molecule has 0 unspecified atom stereocenters. The van der Waals surface area contributed by atoms with E-state index in [4.69, 9.17) is 5.73 Å². The number of hydrogen-bond acceptors (Lipinski definition) is 4. The molecule has 0 atom stereocenters. The van der Waals surface area contributed by atoms with E-state index in [0.717, 1.165) is 0 Å². The summed E-state index contributed by atoms with van der Waals surface area (Å²) in [5.74, 6) is -0.564. The Bertz CT molecular complexity index is 686. The van der Waals surface area contributed by atoms with E-state index < -0.39 is 12.0 Å². The fourth-order valence-electron chi connectivity index (χ4n) is 2.07. The van der Waals surface area contributed by atoms with Gasteiger partial charge in [-0.3, -0.25) is 9.69 Å². The average molecular weight is 300 g/mol. The minimum Gasteiger partial charge on any atom is -0.506 e. The summed E-state index contributed by atoms with van der Waals surface area (Å²) >= 11 is 0. The maximum atomic E-state index is 11.7. The zero-order chi connectivity index (χ0) is 16.1. The lowest BCUT2D eigenvalue weighted by atomic mass is 10.1. The molecule has 0 saturated carbocycles. The number of amides is 2. The second kappa shape index (κ2) is 6.62. The van der Waals surface area contributed by atoms with Crippen molar-refractivity contribution in [2.75, 3.05) is 12.0 Å². The molecule has 0 aromatic heterocycles. The van der Waals surface area contributed by atoms with Crippen molar-refractivity contribution >= 4 is 23.4 Å². The van der Waals surface area contributed by atoms with Crippen LogP contribution in [-0.4, -0.2) is 24.2 Å². The predicted molar refractivity (Wildman–Crippen MR) is 82.0 cm³/mol. The van der Waals surface area contributed by atoms with E-state index in [-0.39, 0.29) is 17.9 Å². The molecular weight excluding hydrogens is 284 g/mol. The number of nitrogens with two attached hydrogens (primary N) is 1. The number of primary amides is 1. The minimum absolute atomic E-state index is 0.0340. The van der Waals surface area contributed by atoms with Gasteiger partial charge in [-0.15, -0.1) is 0 Å². The third-order valence-corrected chi connectivity index (χ3v) is 3.09. The highest BCUT2D eigenvalue weighted by molar-refractivity contribution is 5.99. The van der Waals surface area contributed by atoms with Crippen molar-refractivity contribution in [3.05, 3.63) is 54.1 Å². The number of benzene rings is 2. The maximum Gasteiger partial charge on any atom is 0.324 e. The second-order valence-electron chi connectivity index (χ2n) is 4.59. The molecule has 114 valence electrons. The van der Waals surface area contributed by atoms with E-state index in [1.165, 1.54) is 24.1 Å². The number of aromatic hydroxyl groups is 1. The molecule has 6 nitrogen and oxygen atoms in total. The first-order valence-corrected chi connectivity index (χ1v) is 6.56. The Balaban J connectivity index is 2.37. The number of hydrogen-bond donors (Lipinski definition) is 2. The van der Waals surface area contributed by atoms with Gasteiger partial charge in [-0.25, -0.2) is 4.79 Å². The van der Waals surface area contributed by atoms with Crippen LogP contribution in [0.25, 0.3) is 0 Å². The molecule has 2 aromatic rings. The topological polar surface area (TPSA) is 92.9 Å². The van der Waals surface area contributed by atoms with Crippen LogP contribution in [0.4, 0.5) is 16.2 Å². The largest absolute Gasteiger partial charge is 0.506 e. The maximum absolute atomic E-state index is 11.7. The van der Waals surface area contributed by atoms with E-state index in [9.17, 15) is 14.7 Å². The molecule has 3 N–H and O–H groups in total. The Morgan fingerprint density at radius 1 is 1.18 bits per heavy atom. The van der Waals surface area contributed by atoms with Crippen LogP contribution in [0.2, 0.25) is 0 Å². The van der Waals surface area contributed by atoms with Gasteiger partial charge >= 0.3 is 12.0 Å². The lowest BCUT2D eigenvalue weighted by molar-refractivity contribution is -0.139. The van der Waals surface area contributed by atoms with Crippen molar-refractivity contribution in [1.29, 1.82) is 0 Å². The summed E-state index contributed by atoms with van der Waals surface area (Å²) in [7, 11) is 1.29. The molecule has 2 aromatic carbocycles. The number of nitrogens with zero attached hydrogens (tertiary/aromatic N) is 1. The number of anilines is 2. The Morgan fingerprint density at radius 3 is 2.41 bits per heavy atom. The van der Waals surface area contributed by atoms with E-state index in [1.807, 2.05) is 6.07 Å². The molecule has 2 rings (SSSR count). The van der Waals surface area contributed by atoms with Gasteiger partial charge in [-0.1, -0.05) is 24.3 Å². The number of carbonyl (C=O) groups excluding carboxylic acids is 2. The van der Waals surface area contributed by atoms with Gasteiger partial charge in [0.05, 0.1) is 24.9 Å². The first kappa shape index (κ1) is 15.4. The molecular formula is C16H16N2O4. The summed E-state index contributed by atoms with van der Waals surface area (Å²) in [4.78, 5) is 24.2. The molecule has 2 amide bonds. The highest BCUT2D eigenvalue weighted by Gasteiger charge is 2.19. The van der Waals surface area contributed by atoms with Crippen molar-refractivity contribution in [3.63, 3.8) is 0 Å². The smallest absolute Gasteiger partial charge is 0.324 e. The summed E-state index contributed by atoms with van der Waals surface area (Å²) in [5.41, 5.74) is 6.76. The number of esters is 1. The highest BCUT2D eigenvalue weighted by atomic mass is 16.5. The van der Waals surface area contributed by atoms with Crippen molar-refractivity contribution in [2.45, 2.75) is 6.42 Å². The fraction of sp³-hybridized carbons (Fsp3) is 0.125. The van der Waals surface area contributed by atoms with Gasteiger partial charge in [0.25, 0.3) is 0 Å². The number of methoxy groups -OCH3 is 1. The van der Waals surface area contributed by atoms with Crippen molar-refractivity contribution in [2.24, 2.45) is 5.73 Å². The summed E-state index contributed by atoms with van der Waals surface area (Å²) in [5, 5.41) is 10.2. The fourth-order valence-corrected chi connectivity index (χ4v) is 2.07. The van der Waals surface area contributed by atoms with Gasteiger partial charge in [0.1, 0.15) is 5.75 Å². The lowest BCUT2D eigenvalue weighted by Crippen LogP contribution is -2.31. The number of ether oxygens (including phenoxy) is 1. The summed E-state index contributed by atoms with van der Waals surface area (Å²) in [6, 6.07) is 12.6. The van der Waals surface area contributed by atoms with Crippen LogP contribution in [0.5, 0.6) is 5.75 Å². The molecule has 0 aliphatic rings. The third-order valence-electron chi connectivity index (χ3n) is 3.09. The van der Waals surface area contributed by atoms with Crippen LogP contribution in [-0.2, 0) is 16.0 Å². The van der Waals surface area contributed by atoms with Crippen LogP contribution in [0.15, 0.2) is 48.5 Å². The lowest BCUT2D eigenvalue weighted by Gasteiger charge is -2.21. The molecule has 6 heteroatoms. The van der Waals surface area contributed by atoms with Gasteiger partial charge in [0.15, 0.2) is 0 Å². The standard InChI is InChI=1S/C16H16N2O4/c1-22-15(20)10-11-7-8-13(14(19)9-11)18(16(17)21)12-5-3-2-4-6-12/h2-9,19H,10H2,1H3,(H2,17,21). The first-order valence-electron chi connectivity index (χ1n) is 6.56. The van der Waals surface area contributed by atoms with Gasteiger partial charge in [-0.2, -0.15) is 0 Å². The van der Waals surface area contributed by atoms with Gasteiger partial charge < -0.3 is 15.6 Å². The van der Waals surface area contributed by atoms with Crippen molar-refractivity contribution in [3.8, 4) is 5.75 Å². The van der Waals surface area contributed by atoms with Crippen LogP contribution in [0, 0.1) is 0 Å². The molecule has 0 aliphatic carbocycles. The van der Waals surface area contributed by atoms with Crippen LogP contribution < -0.4 is 10.6 Å². The molecule has 0 saturated heterocycles. The normalized spacial score (nSPS) is 10.0. The SMILES string of the molecule is COC(=O)Cc1ccc(N(C(N)=O)c2ccccc2)c(O)c1. The number of urea groups is 1. The van der Waals surface area contributed by atoms with Crippen molar-refractivity contribution in [1.82, 2.24) is 0 Å². The molecule has 0 heterocycles. The number of carbonyl (C=O) groups is 2.